The number of H-pyrrole nitrogens is 1. The second-order valence-electron chi connectivity index (χ2n) is 5.98. The van der Waals surface area contributed by atoms with Crippen molar-refractivity contribution in [3.05, 3.63) is 33.7 Å². The second-order valence-corrected chi connectivity index (χ2v) is 5.98. The van der Waals surface area contributed by atoms with Crippen molar-refractivity contribution in [1.29, 1.82) is 0 Å². The lowest BCUT2D eigenvalue weighted by molar-refractivity contribution is 0.0687. The lowest BCUT2D eigenvalue weighted by Gasteiger charge is -2.31. The third-order valence-electron chi connectivity index (χ3n) is 3.24. The Bertz CT molecular complexity index is 520. The summed E-state index contributed by atoms with van der Waals surface area (Å²) in [7, 11) is 0. The van der Waals surface area contributed by atoms with Gasteiger partial charge < -0.3 is 15.6 Å². The topological polar surface area (TPSA) is 79.2 Å². The van der Waals surface area contributed by atoms with Crippen molar-refractivity contribution in [2.45, 2.75) is 34.1 Å². The van der Waals surface area contributed by atoms with Crippen molar-refractivity contribution in [1.82, 2.24) is 9.88 Å². The number of carbonyl (C=O) groups is 1. The van der Waals surface area contributed by atoms with Crippen molar-refractivity contribution < 1.29 is 4.79 Å². The highest BCUT2D eigenvalue weighted by Gasteiger charge is 2.25. The molecule has 1 aromatic heterocycles. The Morgan fingerprint density at radius 1 is 1.40 bits per heavy atom. The van der Waals surface area contributed by atoms with Gasteiger partial charge in [-0.3, -0.25) is 9.59 Å². The largest absolute Gasteiger partial charge is 0.338 e. The van der Waals surface area contributed by atoms with Crippen LogP contribution in [0.4, 0.5) is 0 Å². The number of amides is 1. The summed E-state index contributed by atoms with van der Waals surface area (Å²) in [5, 5.41) is 0. The van der Waals surface area contributed by atoms with Gasteiger partial charge in [0.2, 0.25) is 0 Å². The molecule has 0 unspecified atom stereocenters. The van der Waals surface area contributed by atoms with Gasteiger partial charge >= 0.3 is 0 Å². The van der Waals surface area contributed by atoms with E-state index in [1.165, 1.54) is 0 Å². The summed E-state index contributed by atoms with van der Waals surface area (Å²) in [6.07, 6.45) is 0.843. The maximum absolute atomic E-state index is 12.5. The molecule has 20 heavy (non-hydrogen) atoms. The Balaban J connectivity index is 3.02. The summed E-state index contributed by atoms with van der Waals surface area (Å²) < 4.78 is 0. The lowest BCUT2D eigenvalue weighted by atomic mass is 9.92. The number of hydrogen-bond acceptors (Lipinski definition) is 3. The molecule has 0 fully saturated rings. The van der Waals surface area contributed by atoms with Crippen LogP contribution in [0.3, 0.4) is 0 Å². The number of aromatic nitrogens is 1. The standard InChI is InChI=1S/C15H25N3O2/c1-5-8-18(10-15(3,4)9-16)14(20)12-7-6-11(2)17-13(12)19/h6-7H,5,8-10,16H2,1-4H3,(H,17,19). The van der Waals surface area contributed by atoms with Gasteiger partial charge in [0.1, 0.15) is 5.56 Å². The van der Waals surface area contributed by atoms with E-state index in [2.05, 4.69) is 4.98 Å². The first-order chi connectivity index (χ1) is 9.30. The minimum absolute atomic E-state index is 0.164. The number of aryl methyl sites for hydroxylation is 1. The summed E-state index contributed by atoms with van der Waals surface area (Å²) >= 11 is 0. The fourth-order valence-corrected chi connectivity index (χ4v) is 2.01. The molecule has 0 aromatic carbocycles. The highest BCUT2D eigenvalue weighted by molar-refractivity contribution is 5.93. The molecule has 0 saturated carbocycles. The molecule has 112 valence electrons. The molecule has 0 aliphatic heterocycles. The number of rotatable bonds is 6. The van der Waals surface area contributed by atoms with Crippen LogP contribution in [0.5, 0.6) is 0 Å². The fourth-order valence-electron chi connectivity index (χ4n) is 2.01. The van der Waals surface area contributed by atoms with E-state index in [-0.39, 0.29) is 22.4 Å². The highest BCUT2D eigenvalue weighted by atomic mass is 16.2. The molecule has 0 aliphatic carbocycles. The Labute approximate surface area is 120 Å². The zero-order valence-electron chi connectivity index (χ0n) is 12.8. The van der Waals surface area contributed by atoms with Gasteiger partial charge in [-0.05, 0) is 37.4 Å². The Kier molecular flexibility index (Phi) is 5.51. The van der Waals surface area contributed by atoms with Crippen LogP contribution in [0.15, 0.2) is 16.9 Å². The van der Waals surface area contributed by atoms with Gasteiger partial charge in [0.25, 0.3) is 11.5 Å². The van der Waals surface area contributed by atoms with E-state index in [9.17, 15) is 9.59 Å². The number of carbonyl (C=O) groups excluding carboxylic acids is 1. The van der Waals surface area contributed by atoms with Gasteiger partial charge in [-0.2, -0.15) is 0 Å². The van der Waals surface area contributed by atoms with Crippen LogP contribution in [0.2, 0.25) is 0 Å². The smallest absolute Gasteiger partial charge is 0.260 e. The second kappa shape index (κ2) is 6.70. The first-order valence-electron chi connectivity index (χ1n) is 7.00. The number of hydrogen-bond donors (Lipinski definition) is 2. The Morgan fingerprint density at radius 3 is 2.55 bits per heavy atom. The van der Waals surface area contributed by atoms with Crippen molar-refractivity contribution in [2.24, 2.45) is 11.1 Å². The molecule has 0 saturated heterocycles. The maximum atomic E-state index is 12.5. The normalized spacial score (nSPS) is 11.4. The molecule has 1 aromatic rings. The Morgan fingerprint density at radius 2 is 2.05 bits per heavy atom. The Hall–Kier alpha value is -1.62. The number of nitrogens with one attached hydrogen (secondary N) is 1. The van der Waals surface area contributed by atoms with E-state index in [1.54, 1.807) is 24.0 Å². The molecular weight excluding hydrogens is 254 g/mol. The molecule has 0 radical (unpaired) electrons. The van der Waals surface area contributed by atoms with Crippen LogP contribution < -0.4 is 11.3 Å². The number of nitrogens with two attached hydrogens (primary N) is 1. The molecule has 0 atom stereocenters. The molecular formula is C15H25N3O2. The number of pyridine rings is 1. The first-order valence-corrected chi connectivity index (χ1v) is 7.00. The summed E-state index contributed by atoms with van der Waals surface area (Å²) in [5.41, 5.74) is 6.18. The van der Waals surface area contributed by atoms with Crippen LogP contribution in [0, 0.1) is 12.3 Å². The SMILES string of the molecule is CCCN(CC(C)(C)CN)C(=O)c1ccc(C)[nH]c1=O. The van der Waals surface area contributed by atoms with E-state index < -0.39 is 0 Å². The molecule has 3 N–H and O–H groups in total. The molecule has 0 bridgehead atoms. The van der Waals surface area contributed by atoms with Gasteiger partial charge in [0.05, 0.1) is 0 Å². The number of aromatic amines is 1. The van der Waals surface area contributed by atoms with Crippen molar-refractivity contribution >= 4 is 5.91 Å². The van der Waals surface area contributed by atoms with Crippen molar-refractivity contribution in [3.8, 4) is 0 Å². The molecule has 1 rings (SSSR count). The summed E-state index contributed by atoms with van der Waals surface area (Å²) in [6.45, 7) is 9.49. The minimum atomic E-state index is -0.332. The van der Waals surface area contributed by atoms with Crippen LogP contribution >= 0.6 is 0 Å². The van der Waals surface area contributed by atoms with Gasteiger partial charge in [0.15, 0.2) is 0 Å². The van der Waals surface area contributed by atoms with E-state index in [0.29, 0.717) is 19.6 Å². The van der Waals surface area contributed by atoms with Gasteiger partial charge in [-0.25, -0.2) is 0 Å². The van der Waals surface area contributed by atoms with Gasteiger partial charge in [0, 0.05) is 18.8 Å². The number of nitrogens with zero attached hydrogens (tertiary/aromatic N) is 1. The maximum Gasteiger partial charge on any atom is 0.260 e. The molecule has 1 amide bonds. The van der Waals surface area contributed by atoms with Gasteiger partial charge in [-0.15, -0.1) is 0 Å². The third-order valence-corrected chi connectivity index (χ3v) is 3.24. The van der Waals surface area contributed by atoms with Crippen LogP contribution in [-0.2, 0) is 0 Å². The van der Waals surface area contributed by atoms with Crippen LogP contribution in [0.1, 0.15) is 43.2 Å². The molecule has 5 heteroatoms. The average Bonchev–Trinajstić information content (AvgIpc) is 2.37. The van der Waals surface area contributed by atoms with E-state index in [0.717, 1.165) is 12.1 Å². The van der Waals surface area contributed by atoms with E-state index >= 15 is 0 Å². The quantitative estimate of drug-likeness (QED) is 0.828. The van der Waals surface area contributed by atoms with Crippen LogP contribution in [0.25, 0.3) is 0 Å². The zero-order chi connectivity index (χ0) is 15.3. The summed E-state index contributed by atoms with van der Waals surface area (Å²) in [5.74, 6) is -0.227. The van der Waals surface area contributed by atoms with Crippen molar-refractivity contribution in [2.75, 3.05) is 19.6 Å². The molecule has 0 aliphatic rings. The zero-order valence-corrected chi connectivity index (χ0v) is 12.8. The van der Waals surface area contributed by atoms with E-state index in [4.69, 9.17) is 5.73 Å². The van der Waals surface area contributed by atoms with Crippen LogP contribution in [-0.4, -0.2) is 35.4 Å². The third kappa shape index (κ3) is 4.20. The summed E-state index contributed by atoms with van der Waals surface area (Å²) in [6, 6.07) is 3.33. The van der Waals surface area contributed by atoms with Gasteiger partial charge in [-0.1, -0.05) is 20.8 Å². The lowest BCUT2D eigenvalue weighted by Crippen LogP contribution is -2.43. The first kappa shape index (κ1) is 16.4. The highest BCUT2D eigenvalue weighted by Crippen LogP contribution is 2.16. The molecule has 1 heterocycles. The monoisotopic (exact) mass is 279 g/mol. The molecule has 5 nitrogen and oxygen atoms in total. The predicted octanol–water partition coefficient (Wildman–Crippen LogP) is 1.52. The fraction of sp³-hybridized carbons (Fsp3) is 0.600. The molecule has 0 spiro atoms. The van der Waals surface area contributed by atoms with E-state index in [1.807, 2.05) is 20.8 Å². The average molecular weight is 279 g/mol. The predicted molar refractivity (Wildman–Crippen MR) is 80.8 cm³/mol. The summed E-state index contributed by atoms with van der Waals surface area (Å²) in [4.78, 5) is 28.8. The van der Waals surface area contributed by atoms with Crippen molar-refractivity contribution in [3.63, 3.8) is 0 Å². The minimum Gasteiger partial charge on any atom is -0.338 e.